The zero-order valence-electron chi connectivity index (χ0n) is 9.87. The van der Waals surface area contributed by atoms with E-state index in [2.05, 4.69) is 9.97 Å². The van der Waals surface area contributed by atoms with E-state index in [1.54, 1.807) is 24.5 Å². The first-order chi connectivity index (χ1) is 8.16. The van der Waals surface area contributed by atoms with Crippen molar-refractivity contribution >= 4 is 17.2 Å². The molecular weight excluding hydrogens is 234 g/mol. The summed E-state index contributed by atoms with van der Waals surface area (Å²) in [7, 11) is 1.98. The Morgan fingerprint density at radius 2 is 2.24 bits per heavy atom. The molecule has 0 aliphatic carbocycles. The quantitative estimate of drug-likeness (QED) is 0.902. The molecule has 17 heavy (non-hydrogen) atoms. The number of rotatable bonds is 4. The van der Waals surface area contributed by atoms with Crippen LogP contribution >= 0.6 is 11.3 Å². The Morgan fingerprint density at radius 3 is 2.76 bits per heavy atom. The molecule has 0 aliphatic heterocycles. The highest BCUT2D eigenvalue weighted by Gasteiger charge is 2.06. The molecule has 0 amide bonds. The van der Waals surface area contributed by atoms with E-state index in [-0.39, 0.29) is 0 Å². The molecule has 0 fully saturated rings. The van der Waals surface area contributed by atoms with Crippen molar-refractivity contribution in [1.29, 1.82) is 0 Å². The summed E-state index contributed by atoms with van der Waals surface area (Å²) in [5.74, 6) is 0.877. The van der Waals surface area contributed by atoms with Gasteiger partial charge in [0.25, 0.3) is 0 Å². The summed E-state index contributed by atoms with van der Waals surface area (Å²) in [5, 5.41) is 11.4. The van der Waals surface area contributed by atoms with Crippen molar-refractivity contribution in [3.05, 3.63) is 40.5 Å². The van der Waals surface area contributed by atoms with Crippen LogP contribution in [-0.2, 0) is 6.54 Å². The second kappa shape index (κ2) is 5.25. The maximum atomic E-state index is 9.40. The fraction of sp³-hybridized carbons (Fsp3) is 0.333. The van der Waals surface area contributed by atoms with E-state index in [1.165, 1.54) is 0 Å². The van der Waals surface area contributed by atoms with Gasteiger partial charge in [-0.2, -0.15) is 0 Å². The summed E-state index contributed by atoms with van der Waals surface area (Å²) in [6.07, 6.45) is 1.23. The number of anilines is 1. The molecule has 0 spiro atoms. The third kappa shape index (κ3) is 3.01. The van der Waals surface area contributed by atoms with E-state index in [0.29, 0.717) is 0 Å². The molecule has 2 heterocycles. The highest BCUT2D eigenvalue weighted by Crippen LogP contribution is 2.16. The van der Waals surface area contributed by atoms with E-state index >= 15 is 0 Å². The second-order valence-electron chi connectivity index (χ2n) is 3.96. The Kier molecular flexibility index (Phi) is 3.71. The standard InChI is InChI=1S/C12H15N3OS/c1-9(16)10-3-4-12(13-5-10)15(2)6-11-7-17-8-14-11/h3-5,7-9,16H,6H2,1-2H3/t9-/m0/s1. The largest absolute Gasteiger partial charge is 0.389 e. The number of aromatic nitrogens is 2. The molecule has 0 unspecified atom stereocenters. The van der Waals surface area contributed by atoms with Gasteiger partial charge < -0.3 is 10.0 Å². The predicted molar refractivity (Wildman–Crippen MR) is 69.1 cm³/mol. The van der Waals surface area contributed by atoms with Crippen LogP contribution in [0.4, 0.5) is 5.82 Å². The molecule has 4 nitrogen and oxygen atoms in total. The van der Waals surface area contributed by atoms with Crippen LogP contribution in [-0.4, -0.2) is 22.1 Å². The number of pyridine rings is 1. The van der Waals surface area contributed by atoms with Gasteiger partial charge in [-0.3, -0.25) is 0 Å². The number of aliphatic hydroxyl groups excluding tert-OH is 1. The highest BCUT2D eigenvalue weighted by molar-refractivity contribution is 7.07. The summed E-state index contributed by atoms with van der Waals surface area (Å²) in [6.45, 7) is 2.47. The van der Waals surface area contributed by atoms with Crippen LogP contribution < -0.4 is 4.90 Å². The lowest BCUT2D eigenvalue weighted by Crippen LogP contribution is -2.17. The van der Waals surface area contributed by atoms with Crippen LogP contribution in [0.15, 0.2) is 29.2 Å². The zero-order valence-corrected chi connectivity index (χ0v) is 10.7. The van der Waals surface area contributed by atoms with Crippen molar-refractivity contribution in [1.82, 2.24) is 9.97 Å². The summed E-state index contributed by atoms with van der Waals surface area (Å²) in [6, 6.07) is 3.80. The first-order valence-electron chi connectivity index (χ1n) is 5.39. The normalized spacial score (nSPS) is 12.4. The zero-order chi connectivity index (χ0) is 12.3. The molecule has 0 radical (unpaired) electrons. The molecule has 2 aromatic rings. The number of hydrogen-bond acceptors (Lipinski definition) is 5. The lowest BCUT2D eigenvalue weighted by Gasteiger charge is -2.17. The first-order valence-corrected chi connectivity index (χ1v) is 6.33. The number of thiazole rings is 1. The van der Waals surface area contributed by atoms with Gasteiger partial charge >= 0.3 is 0 Å². The number of aliphatic hydroxyl groups is 1. The molecule has 1 atom stereocenters. The number of nitrogens with zero attached hydrogens (tertiary/aromatic N) is 3. The van der Waals surface area contributed by atoms with Crippen LogP contribution in [0.3, 0.4) is 0 Å². The SMILES string of the molecule is C[C@H](O)c1ccc(N(C)Cc2cscn2)nc1. The maximum Gasteiger partial charge on any atom is 0.128 e. The van der Waals surface area contributed by atoms with Gasteiger partial charge in [0.1, 0.15) is 5.82 Å². The fourth-order valence-electron chi connectivity index (χ4n) is 1.51. The van der Waals surface area contributed by atoms with Crippen molar-refractivity contribution in [3.63, 3.8) is 0 Å². The van der Waals surface area contributed by atoms with E-state index in [4.69, 9.17) is 0 Å². The van der Waals surface area contributed by atoms with E-state index in [9.17, 15) is 5.11 Å². The van der Waals surface area contributed by atoms with Crippen molar-refractivity contribution in [2.24, 2.45) is 0 Å². The van der Waals surface area contributed by atoms with Crippen molar-refractivity contribution in [3.8, 4) is 0 Å². The molecule has 2 rings (SSSR count). The Morgan fingerprint density at radius 1 is 1.41 bits per heavy atom. The molecule has 0 aliphatic rings. The minimum atomic E-state index is -0.472. The van der Waals surface area contributed by atoms with Gasteiger partial charge in [-0.25, -0.2) is 9.97 Å². The molecule has 0 saturated carbocycles. The predicted octanol–water partition coefficient (Wildman–Crippen LogP) is 2.23. The Balaban J connectivity index is 2.06. The smallest absolute Gasteiger partial charge is 0.128 e. The molecule has 2 aromatic heterocycles. The molecule has 0 bridgehead atoms. The van der Waals surface area contributed by atoms with Crippen molar-refractivity contribution in [2.45, 2.75) is 19.6 Å². The second-order valence-corrected chi connectivity index (χ2v) is 4.68. The van der Waals surface area contributed by atoms with Gasteiger partial charge in [0.15, 0.2) is 0 Å². The average Bonchev–Trinajstić information content (AvgIpc) is 2.82. The van der Waals surface area contributed by atoms with Gasteiger partial charge in [0, 0.05) is 18.6 Å². The maximum absolute atomic E-state index is 9.40. The summed E-state index contributed by atoms with van der Waals surface area (Å²) >= 11 is 1.59. The first kappa shape index (κ1) is 12.0. The summed E-state index contributed by atoms with van der Waals surface area (Å²) in [4.78, 5) is 10.6. The average molecular weight is 249 g/mol. The van der Waals surface area contributed by atoms with Gasteiger partial charge in [0.2, 0.25) is 0 Å². The van der Waals surface area contributed by atoms with E-state index < -0.39 is 6.10 Å². The molecule has 0 aromatic carbocycles. The van der Waals surface area contributed by atoms with Gasteiger partial charge in [-0.05, 0) is 18.6 Å². The van der Waals surface area contributed by atoms with Crippen LogP contribution in [0.25, 0.3) is 0 Å². The molecular formula is C12H15N3OS. The lowest BCUT2D eigenvalue weighted by molar-refractivity contribution is 0.199. The number of hydrogen-bond donors (Lipinski definition) is 1. The Labute approximate surface area is 105 Å². The minimum Gasteiger partial charge on any atom is -0.389 e. The topological polar surface area (TPSA) is 49.2 Å². The molecule has 0 saturated heterocycles. The van der Waals surface area contributed by atoms with Crippen molar-refractivity contribution < 1.29 is 5.11 Å². The summed E-state index contributed by atoms with van der Waals surface area (Å²) in [5.41, 5.74) is 3.70. The Bertz CT molecular complexity index is 453. The third-order valence-electron chi connectivity index (χ3n) is 2.53. The minimum absolute atomic E-state index is 0.472. The van der Waals surface area contributed by atoms with Crippen LogP contribution in [0.2, 0.25) is 0 Å². The van der Waals surface area contributed by atoms with Crippen molar-refractivity contribution in [2.75, 3.05) is 11.9 Å². The van der Waals surface area contributed by atoms with E-state index in [1.807, 2.05) is 35.0 Å². The fourth-order valence-corrected chi connectivity index (χ4v) is 2.06. The van der Waals surface area contributed by atoms with E-state index in [0.717, 1.165) is 23.6 Å². The Hall–Kier alpha value is -1.46. The van der Waals surface area contributed by atoms with Gasteiger partial charge in [-0.1, -0.05) is 6.07 Å². The lowest BCUT2D eigenvalue weighted by atomic mass is 10.2. The van der Waals surface area contributed by atoms with Gasteiger partial charge in [-0.15, -0.1) is 11.3 Å². The molecule has 1 N–H and O–H groups in total. The summed E-state index contributed by atoms with van der Waals surface area (Å²) < 4.78 is 0. The third-order valence-corrected chi connectivity index (χ3v) is 3.16. The monoisotopic (exact) mass is 249 g/mol. The van der Waals surface area contributed by atoms with Gasteiger partial charge in [0.05, 0.1) is 23.9 Å². The van der Waals surface area contributed by atoms with Crippen LogP contribution in [0, 0.1) is 0 Å². The molecule has 90 valence electrons. The van der Waals surface area contributed by atoms with Crippen LogP contribution in [0.1, 0.15) is 24.3 Å². The highest BCUT2D eigenvalue weighted by atomic mass is 32.1. The molecule has 5 heteroatoms. The van der Waals surface area contributed by atoms with Crippen LogP contribution in [0.5, 0.6) is 0 Å².